The summed E-state index contributed by atoms with van der Waals surface area (Å²) in [5.74, 6) is 0.950. The third-order valence-electron chi connectivity index (χ3n) is 3.98. The molecule has 0 amide bonds. The lowest BCUT2D eigenvalue weighted by molar-refractivity contribution is 0.0770. The van der Waals surface area contributed by atoms with Gasteiger partial charge in [-0.1, -0.05) is 18.2 Å². The van der Waals surface area contributed by atoms with E-state index in [-0.39, 0.29) is 30.9 Å². The van der Waals surface area contributed by atoms with E-state index in [0.29, 0.717) is 30.2 Å². The minimum Gasteiger partial charge on any atom is -0.490 e. The molecule has 0 aromatic heterocycles. The van der Waals surface area contributed by atoms with E-state index in [9.17, 15) is 4.39 Å². The molecule has 0 fully saturated rings. The van der Waals surface area contributed by atoms with Crippen molar-refractivity contribution in [2.24, 2.45) is 0 Å². The minimum atomic E-state index is -0.279. The van der Waals surface area contributed by atoms with Crippen molar-refractivity contribution in [1.29, 1.82) is 0 Å². The molecular formula is C22H30BrClFNO3. The van der Waals surface area contributed by atoms with Gasteiger partial charge in [0.2, 0.25) is 0 Å². The molecule has 0 aliphatic carbocycles. The van der Waals surface area contributed by atoms with Crippen molar-refractivity contribution in [1.82, 2.24) is 5.32 Å². The maximum absolute atomic E-state index is 13.8. The first-order chi connectivity index (χ1) is 13.5. The lowest BCUT2D eigenvalue weighted by Gasteiger charge is -2.16. The highest BCUT2D eigenvalue weighted by Crippen LogP contribution is 2.37. The SMILES string of the molecule is CCOc1cc(CNCCCOC(C)C)cc(Br)c1OCc1ccccc1F.Cl. The quantitative estimate of drug-likeness (QED) is 0.376. The molecule has 2 aromatic rings. The van der Waals surface area contributed by atoms with Gasteiger partial charge in [0.25, 0.3) is 0 Å². The van der Waals surface area contributed by atoms with Crippen LogP contribution in [0.15, 0.2) is 40.9 Å². The van der Waals surface area contributed by atoms with Crippen molar-refractivity contribution in [3.05, 3.63) is 57.8 Å². The summed E-state index contributed by atoms with van der Waals surface area (Å²) in [6.45, 7) is 9.00. The van der Waals surface area contributed by atoms with Gasteiger partial charge in [0.1, 0.15) is 12.4 Å². The van der Waals surface area contributed by atoms with Gasteiger partial charge in [-0.3, -0.25) is 0 Å². The Labute approximate surface area is 187 Å². The lowest BCUT2D eigenvalue weighted by atomic mass is 10.2. The average Bonchev–Trinajstić information content (AvgIpc) is 2.65. The highest BCUT2D eigenvalue weighted by atomic mass is 79.9. The van der Waals surface area contributed by atoms with Crippen LogP contribution >= 0.6 is 28.3 Å². The molecule has 1 N–H and O–H groups in total. The third-order valence-corrected chi connectivity index (χ3v) is 4.57. The number of halogens is 3. The van der Waals surface area contributed by atoms with E-state index in [1.165, 1.54) is 6.07 Å². The highest BCUT2D eigenvalue weighted by molar-refractivity contribution is 9.10. The van der Waals surface area contributed by atoms with Crippen LogP contribution in [0.5, 0.6) is 11.5 Å². The summed E-state index contributed by atoms with van der Waals surface area (Å²) in [7, 11) is 0. The molecule has 0 unspecified atom stereocenters. The molecule has 0 atom stereocenters. The van der Waals surface area contributed by atoms with E-state index in [2.05, 4.69) is 21.2 Å². The van der Waals surface area contributed by atoms with Crippen molar-refractivity contribution >= 4 is 28.3 Å². The van der Waals surface area contributed by atoms with Crippen molar-refractivity contribution in [3.8, 4) is 11.5 Å². The Balaban J connectivity index is 0.00000420. The third kappa shape index (κ3) is 8.91. The number of hydrogen-bond donors (Lipinski definition) is 1. The Morgan fingerprint density at radius 1 is 1.14 bits per heavy atom. The van der Waals surface area contributed by atoms with Gasteiger partial charge < -0.3 is 19.5 Å². The largest absolute Gasteiger partial charge is 0.490 e. The first-order valence-electron chi connectivity index (χ1n) is 9.65. The number of hydrogen-bond acceptors (Lipinski definition) is 4. The summed E-state index contributed by atoms with van der Waals surface area (Å²) >= 11 is 3.56. The van der Waals surface area contributed by atoms with Crippen LogP contribution in [0.3, 0.4) is 0 Å². The molecule has 2 aromatic carbocycles. The minimum absolute atomic E-state index is 0. The van der Waals surface area contributed by atoms with Crippen LogP contribution in [0.2, 0.25) is 0 Å². The molecule has 0 saturated heterocycles. The van der Waals surface area contributed by atoms with E-state index < -0.39 is 0 Å². The monoisotopic (exact) mass is 489 g/mol. The Kier molecular flexibility index (Phi) is 12.2. The molecule has 2 rings (SSSR count). The number of nitrogens with one attached hydrogen (secondary N) is 1. The average molecular weight is 491 g/mol. The van der Waals surface area contributed by atoms with Gasteiger partial charge in [-0.05, 0) is 73.4 Å². The second-order valence-corrected chi connectivity index (χ2v) is 7.52. The summed E-state index contributed by atoms with van der Waals surface area (Å²) in [4.78, 5) is 0. The van der Waals surface area contributed by atoms with Crippen LogP contribution in [-0.4, -0.2) is 25.9 Å². The second-order valence-electron chi connectivity index (χ2n) is 6.67. The summed E-state index contributed by atoms with van der Waals surface area (Å²) < 4.78 is 31.8. The standard InChI is InChI=1S/C22H29BrFNO3.ClH/c1-4-26-21-13-17(14-25-10-7-11-27-16(2)3)12-19(23)22(21)28-15-18-8-5-6-9-20(18)24;/h5-6,8-9,12-13,16,25H,4,7,10-11,14-15H2,1-3H3;1H. The molecule has 0 bridgehead atoms. The predicted octanol–water partition coefficient (Wildman–Crippen LogP) is 5.89. The fourth-order valence-corrected chi connectivity index (χ4v) is 3.24. The zero-order chi connectivity index (χ0) is 20.4. The van der Waals surface area contributed by atoms with Crippen LogP contribution in [0, 0.1) is 5.82 Å². The molecule has 0 heterocycles. The predicted molar refractivity (Wildman–Crippen MR) is 121 cm³/mol. The van der Waals surface area contributed by atoms with E-state index in [1.54, 1.807) is 18.2 Å². The molecule has 0 aliphatic rings. The van der Waals surface area contributed by atoms with Gasteiger partial charge in [-0.15, -0.1) is 12.4 Å². The van der Waals surface area contributed by atoms with Crippen molar-refractivity contribution < 1.29 is 18.6 Å². The normalized spacial score (nSPS) is 10.7. The van der Waals surface area contributed by atoms with Crippen LogP contribution < -0.4 is 14.8 Å². The van der Waals surface area contributed by atoms with Gasteiger partial charge in [-0.25, -0.2) is 4.39 Å². The van der Waals surface area contributed by atoms with E-state index >= 15 is 0 Å². The van der Waals surface area contributed by atoms with Crippen LogP contribution in [0.4, 0.5) is 4.39 Å². The van der Waals surface area contributed by atoms with Crippen molar-refractivity contribution in [2.45, 2.75) is 46.4 Å². The zero-order valence-electron chi connectivity index (χ0n) is 17.2. The summed E-state index contributed by atoms with van der Waals surface area (Å²) in [5, 5.41) is 3.41. The lowest BCUT2D eigenvalue weighted by Crippen LogP contribution is -2.17. The molecule has 0 saturated carbocycles. The second kappa shape index (κ2) is 13.8. The van der Waals surface area contributed by atoms with E-state index in [4.69, 9.17) is 14.2 Å². The first kappa shape index (κ1) is 25.7. The Morgan fingerprint density at radius 2 is 1.90 bits per heavy atom. The molecule has 0 spiro atoms. The summed E-state index contributed by atoms with van der Waals surface area (Å²) in [5.41, 5.74) is 1.59. The molecule has 162 valence electrons. The molecular weight excluding hydrogens is 461 g/mol. The fraction of sp³-hybridized carbons (Fsp3) is 0.455. The number of ether oxygens (including phenoxy) is 3. The van der Waals surface area contributed by atoms with Gasteiger partial charge in [0, 0.05) is 18.7 Å². The van der Waals surface area contributed by atoms with Gasteiger partial charge in [0.05, 0.1) is 17.2 Å². The van der Waals surface area contributed by atoms with Crippen LogP contribution in [0.25, 0.3) is 0 Å². The molecule has 0 aliphatic heterocycles. The smallest absolute Gasteiger partial charge is 0.175 e. The maximum Gasteiger partial charge on any atom is 0.175 e. The summed E-state index contributed by atoms with van der Waals surface area (Å²) in [6, 6.07) is 10.6. The molecule has 7 heteroatoms. The topological polar surface area (TPSA) is 39.7 Å². The molecule has 29 heavy (non-hydrogen) atoms. The molecule has 4 nitrogen and oxygen atoms in total. The van der Waals surface area contributed by atoms with Crippen molar-refractivity contribution in [3.63, 3.8) is 0 Å². The van der Waals surface area contributed by atoms with Crippen LogP contribution in [-0.2, 0) is 17.9 Å². The maximum atomic E-state index is 13.8. The Hall–Kier alpha value is -1.34. The molecule has 0 radical (unpaired) electrons. The highest BCUT2D eigenvalue weighted by Gasteiger charge is 2.13. The van der Waals surface area contributed by atoms with Gasteiger partial charge in [-0.2, -0.15) is 0 Å². The summed E-state index contributed by atoms with van der Waals surface area (Å²) in [6.07, 6.45) is 1.23. The number of benzene rings is 2. The van der Waals surface area contributed by atoms with E-state index in [0.717, 1.165) is 29.6 Å². The van der Waals surface area contributed by atoms with Crippen molar-refractivity contribution in [2.75, 3.05) is 19.8 Å². The first-order valence-corrected chi connectivity index (χ1v) is 10.4. The Morgan fingerprint density at radius 3 is 2.59 bits per heavy atom. The Bertz CT molecular complexity index is 746. The van der Waals surface area contributed by atoms with Gasteiger partial charge in [0.15, 0.2) is 11.5 Å². The zero-order valence-corrected chi connectivity index (χ0v) is 19.6. The number of rotatable bonds is 12. The van der Waals surface area contributed by atoms with Gasteiger partial charge >= 0.3 is 0 Å². The van der Waals surface area contributed by atoms with E-state index in [1.807, 2.05) is 32.9 Å². The fourth-order valence-electron chi connectivity index (χ4n) is 2.64. The van der Waals surface area contributed by atoms with Crippen LogP contribution in [0.1, 0.15) is 38.3 Å².